The minimum atomic E-state index is -4.81. The largest absolute Gasteiger partial charge is 0.417 e. The number of nitrogens with two attached hydrogens (primary N) is 1. The SMILES string of the molecule is Cc1cccc(-c2cc(C(F)(F)F)c(C#N)c(=O)n2N)c1. The Hall–Kier alpha value is -2.75. The molecule has 2 N–H and O–H groups in total. The minimum absolute atomic E-state index is 0.102. The summed E-state index contributed by atoms with van der Waals surface area (Å²) in [6.45, 7) is 1.76. The molecule has 108 valence electrons. The molecule has 0 bridgehead atoms. The number of hydrogen-bond donors (Lipinski definition) is 1. The summed E-state index contributed by atoms with van der Waals surface area (Å²) >= 11 is 0. The van der Waals surface area contributed by atoms with Crippen LogP contribution in [0.15, 0.2) is 35.1 Å². The third-order valence-corrected chi connectivity index (χ3v) is 2.97. The molecule has 1 aromatic carbocycles. The van der Waals surface area contributed by atoms with Gasteiger partial charge in [-0.05, 0) is 19.1 Å². The van der Waals surface area contributed by atoms with E-state index < -0.39 is 22.9 Å². The molecule has 0 saturated carbocycles. The van der Waals surface area contributed by atoms with Gasteiger partial charge >= 0.3 is 6.18 Å². The van der Waals surface area contributed by atoms with Crippen LogP contribution in [-0.2, 0) is 6.18 Å². The topological polar surface area (TPSA) is 71.8 Å². The Labute approximate surface area is 117 Å². The van der Waals surface area contributed by atoms with Gasteiger partial charge in [0, 0.05) is 5.56 Å². The lowest BCUT2D eigenvalue weighted by Gasteiger charge is -2.14. The van der Waals surface area contributed by atoms with Crippen molar-refractivity contribution < 1.29 is 13.2 Å². The maximum atomic E-state index is 13.0. The third kappa shape index (κ3) is 2.60. The summed E-state index contributed by atoms with van der Waals surface area (Å²) < 4.78 is 39.5. The van der Waals surface area contributed by atoms with Crippen LogP contribution < -0.4 is 11.4 Å². The van der Waals surface area contributed by atoms with Crippen molar-refractivity contribution in [1.82, 2.24) is 4.68 Å². The van der Waals surface area contributed by atoms with Crippen molar-refractivity contribution in [3.63, 3.8) is 0 Å². The lowest BCUT2D eigenvalue weighted by Crippen LogP contribution is -2.33. The molecule has 2 aromatic rings. The van der Waals surface area contributed by atoms with Crippen molar-refractivity contribution in [1.29, 1.82) is 5.26 Å². The summed E-state index contributed by atoms with van der Waals surface area (Å²) in [4.78, 5) is 11.9. The Morgan fingerprint density at radius 1 is 1.29 bits per heavy atom. The molecule has 0 aliphatic rings. The zero-order valence-electron chi connectivity index (χ0n) is 10.9. The highest BCUT2D eigenvalue weighted by Gasteiger charge is 2.36. The third-order valence-electron chi connectivity index (χ3n) is 2.97. The van der Waals surface area contributed by atoms with E-state index >= 15 is 0 Å². The van der Waals surface area contributed by atoms with E-state index in [4.69, 9.17) is 11.1 Å². The van der Waals surface area contributed by atoms with Crippen molar-refractivity contribution >= 4 is 0 Å². The number of nitriles is 1. The fraction of sp³-hybridized carbons (Fsp3) is 0.143. The van der Waals surface area contributed by atoms with Crippen LogP contribution in [0.4, 0.5) is 13.2 Å². The predicted octanol–water partition coefficient (Wildman–Crippen LogP) is 2.43. The lowest BCUT2D eigenvalue weighted by atomic mass is 10.0. The molecule has 0 spiro atoms. The quantitative estimate of drug-likeness (QED) is 0.821. The van der Waals surface area contributed by atoms with Gasteiger partial charge in [0.05, 0.1) is 11.3 Å². The monoisotopic (exact) mass is 293 g/mol. The fourth-order valence-corrected chi connectivity index (χ4v) is 1.98. The van der Waals surface area contributed by atoms with Crippen LogP contribution in [-0.4, -0.2) is 4.68 Å². The van der Waals surface area contributed by atoms with Gasteiger partial charge in [-0.2, -0.15) is 18.4 Å². The van der Waals surface area contributed by atoms with E-state index in [1.807, 2.05) is 0 Å². The molecule has 1 aromatic heterocycles. The first-order chi connectivity index (χ1) is 9.75. The Morgan fingerprint density at radius 2 is 1.95 bits per heavy atom. The van der Waals surface area contributed by atoms with Gasteiger partial charge in [-0.3, -0.25) is 4.79 Å². The molecule has 21 heavy (non-hydrogen) atoms. The van der Waals surface area contributed by atoms with Gasteiger partial charge in [0.25, 0.3) is 5.56 Å². The average Bonchev–Trinajstić information content (AvgIpc) is 2.40. The van der Waals surface area contributed by atoms with Gasteiger partial charge in [-0.15, -0.1) is 0 Å². The number of nitrogens with zero attached hydrogens (tertiary/aromatic N) is 2. The number of aryl methyl sites for hydroxylation is 1. The van der Waals surface area contributed by atoms with Crippen molar-refractivity contribution in [3.05, 3.63) is 57.4 Å². The second kappa shape index (κ2) is 4.98. The van der Waals surface area contributed by atoms with Crippen LogP contribution >= 0.6 is 0 Å². The van der Waals surface area contributed by atoms with Gasteiger partial charge in [-0.1, -0.05) is 23.8 Å². The molecule has 2 rings (SSSR count). The van der Waals surface area contributed by atoms with Crippen LogP contribution in [0.25, 0.3) is 11.3 Å². The molecule has 0 fully saturated rings. The van der Waals surface area contributed by atoms with E-state index in [1.54, 1.807) is 25.1 Å². The molecule has 7 heteroatoms. The van der Waals surface area contributed by atoms with Gasteiger partial charge in [0.1, 0.15) is 11.6 Å². The summed E-state index contributed by atoms with van der Waals surface area (Å²) in [7, 11) is 0. The molecule has 0 saturated heterocycles. The van der Waals surface area contributed by atoms with Crippen LogP contribution in [0.3, 0.4) is 0 Å². The molecule has 0 radical (unpaired) electrons. The molecule has 0 amide bonds. The van der Waals surface area contributed by atoms with Crippen molar-refractivity contribution in [2.24, 2.45) is 0 Å². The molecular formula is C14H10F3N3O. The first-order valence-electron chi connectivity index (χ1n) is 5.85. The number of pyridine rings is 1. The van der Waals surface area contributed by atoms with Crippen molar-refractivity contribution in [3.8, 4) is 17.3 Å². The molecule has 4 nitrogen and oxygen atoms in total. The zero-order chi connectivity index (χ0) is 15.8. The maximum Gasteiger partial charge on any atom is 0.417 e. The van der Waals surface area contributed by atoms with Gasteiger partial charge in [-0.25, -0.2) is 4.68 Å². The zero-order valence-corrected chi connectivity index (χ0v) is 10.9. The van der Waals surface area contributed by atoms with E-state index in [1.165, 1.54) is 12.1 Å². The first kappa shape index (κ1) is 14.7. The number of rotatable bonds is 1. The number of aromatic nitrogens is 1. The van der Waals surface area contributed by atoms with E-state index in [2.05, 4.69) is 0 Å². The summed E-state index contributed by atoms with van der Waals surface area (Å²) in [5.74, 6) is 5.54. The molecule has 0 aliphatic heterocycles. The van der Waals surface area contributed by atoms with Crippen LogP contribution in [0, 0.1) is 18.3 Å². The van der Waals surface area contributed by atoms with E-state index in [0.717, 1.165) is 5.56 Å². The number of hydrogen-bond acceptors (Lipinski definition) is 3. The summed E-state index contributed by atoms with van der Waals surface area (Å²) in [5, 5.41) is 8.77. The van der Waals surface area contributed by atoms with E-state index in [-0.39, 0.29) is 5.69 Å². The summed E-state index contributed by atoms with van der Waals surface area (Å²) in [6, 6.07) is 8.53. The second-order valence-electron chi connectivity index (χ2n) is 4.47. The van der Waals surface area contributed by atoms with E-state index in [0.29, 0.717) is 16.3 Å². The summed E-state index contributed by atoms with van der Waals surface area (Å²) in [5.41, 5.74) is -2.41. The Morgan fingerprint density at radius 3 is 2.48 bits per heavy atom. The van der Waals surface area contributed by atoms with E-state index in [9.17, 15) is 18.0 Å². The molecule has 0 unspecified atom stereocenters. The number of alkyl halides is 3. The Kier molecular flexibility index (Phi) is 3.47. The number of halogens is 3. The first-order valence-corrected chi connectivity index (χ1v) is 5.85. The highest BCUT2D eigenvalue weighted by molar-refractivity contribution is 5.63. The highest BCUT2D eigenvalue weighted by atomic mass is 19.4. The van der Waals surface area contributed by atoms with Crippen LogP contribution in [0.5, 0.6) is 0 Å². The smallest absolute Gasteiger partial charge is 0.336 e. The molecule has 1 heterocycles. The van der Waals surface area contributed by atoms with Crippen molar-refractivity contribution in [2.75, 3.05) is 5.84 Å². The van der Waals surface area contributed by atoms with Gasteiger partial charge in [0.2, 0.25) is 0 Å². The van der Waals surface area contributed by atoms with Crippen LogP contribution in [0.2, 0.25) is 0 Å². The minimum Gasteiger partial charge on any atom is -0.336 e. The van der Waals surface area contributed by atoms with Crippen molar-refractivity contribution in [2.45, 2.75) is 13.1 Å². The molecule has 0 atom stereocenters. The normalized spacial score (nSPS) is 11.2. The van der Waals surface area contributed by atoms with Gasteiger partial charge < -0.3 is 5.84 Å². The number of benzene rings is 1. The lowest BCUT2D eigenvalue weighted by molar-refractivity contribution is -0.137. The Bertz CT molecular complexity index is 801. The maximum absolute atomic E-state index is 13.0. The summed E-state index contributed by atoms with van der Waals surface area (Å²) in [6.07, 6.45) is -4.81. The van der Waals surface area contributed by atoms with Crippen LogP contribution in [0.1, 0.15) is 16.7 Å². The highest BCUT2D eigenvalue weighted by Crippen LogP contribution is 2.33. The van der Waals surface area contributed by atoms with Gasteiger partial charge in [0.15, 0.2) is 0 Å². The number of nitrogen functional groups attached to an aromatic ring is 1. The predicted molar refractivity (Wildman–Crippen MR) is 70.7 cm³/mol. The fourth-order valence-electron chi connectivity index (χ4n) is 1.98. The Balaban J connectivity index is 2.84. The molecule has 0 aliphatic carbocycles. The average molecular weight is 293 g/mol. The standard InChI is InChI=1S/C14H10F3N3O/c1-8-3-2-4-9(5-8)12-6-11(14(15,16)17)10(7-18)13(21)20(12)19/h2-6H,19H2,1H3. The molecular weight excluding hydrogens is 283 g/mol. The second-order valence-corrected chi connectivity index (χ2v) is 4.47.